The van der Waals surface area contributed by atoms with E-state index in [9.17, 15) is 4.79 Å². The second-order valence-corrected chi connectivity index (χ2v) is 4.45. The Morgan fingerprint density at radius 1 is 1.33 bits per heavy atom. The van der Waals surface area contributed by atoms with Gasteiger partial charge in [0.15, 0.2) is 0 Å². The molecule has 2 rings (SSSR count). The predicted molar refractivity (Wildman–Crippen MR) is 71.0 cm³/mol. The van der Waals surface area contributed by atoms with Crippen LogP contribution in [-0.2, 0) is 0 Å². The number of amides is 1. The van der Waals surface area contributed by atoms with Crippen molar-refractivity contribution in [3.8, 4) is 6.07 Å². The summed E-state index contributed by atoms with van der Waals surface area (Å²) in [5.74, 6) is -0.294. The zero-order valence-corrected chi connectivity index (χ0v) is 10.8. The number of rotatable bonds is 2. The maximum Gasteiger partial charge on any atom is 0.257 e. The number of nitriles is 1. The number of carbonyl (C=O) groups excluding carboxylic acids is 1. The number of pyridine rings is 1. The molecule has 0 aliphatic heterocycles. The van der Waals surface area contributed by atoms with E-state index in [1.165, 1.54) is 18.5 Å². The largest absolute Gasteiger partial charge is 0.322 e. The predicted octanol–water partition coefficient (Wildman–Crippen LogP) is 2.97. The van der Waals surface area contributed by atoms with Gasteiger partial charge in [0.2, 0.25) is 0 Å². The second-order valence-electron chi connectivity index (χ2n) is 3.54. The zero-order valence-electron chi connectivity index (χ0n) is 9.22. The molecule has 2 aromatic rings. The highest BCUT2D eigenvalue weighted by Crippen LogP contribution is 2.16. The number of aromatic nitrogens is 1. The third kappa shape index (κ3) is 2.93. The highest BCUT2D eigenvalue weighted by Gasteiger charge is 2.07. The fourth-order valence-corrected chi connectivity index (χ4v) is 1.79. The van der Waals surface area contributed by atoms with Crippen LogP contribution in [0.3, 0.4) is 0 Å². The summed E-state index contributed by atoms with van der Waals surface area (Å²) in [5.41, 5.74) is 1.39. The van der Waals surface area contributed by atoms with Gasteiger partial charge in [0.05, 0.1) is 11.1 Å². The summed E-state index contributed by atoms with van der Waals surface area (Å²) in [5, 5.41) is 11.5. The van der Waals surface area contributed by atoms with Crippen molar-refractivity contribution in [3.05, 3.63) is 58.3 Å². The lowest BCUT2D eigenvalue weighted by Gasteiger charge is -2.05. The van der Waals surface area contributed by atoms with Crippen molar-refractivity contribution >= 4 is 27.5 Å². The minimum atomic E-state index is -0.294. The van der Waals surface area contributed by atoms with E-state index < -0.39 is 0 Å². The van der Waals surface area contributed by atoms with Crippen molar-refractivity contribution in [2.45, 2.75) is 0 Å². The van der Waals surface area contributed by atoms with Crippen LogP contribution in [0.5, 0.6) is 0 Å². The number of benzene rings is 1. The molecule has 1 N–H and O–H groups in total. The maximum atomic E-state index is 11.9. The van der Waals surface area contributed by atoms with Gasteiger partial charge in [-0.25, -0.2) is 0 Å². The Kier molecular flexibility index (Phi) is 3.70. The molecule has 0 saturated carbocycles. The summed E-state index contributed by atoms with van der Waals surface area (Å²) in [7, 11) is 0. The first-order valence-corrected chi connectivity index (χ1v) is 5.90. The fourth-order valence-electron chi connectivity index (χ4n) is 1.39. The van der Waals surface area contributed by atoms with Crippen LogP contribution in [-0.4, -0.2) is 10.9 Å². The average Bonchev–Trinajstić information content (AvgIpc) is 2.39. The summed E-state index contributed by atoms with van der Waals surface area (Å²) in [4.78, 5) is 15.8. The monoisotopic (exact) mass is 301 g/mol. The van der Waals surface area contributed by atoms with Crippen LogP contribution in [0.1, 0.15) is 15.9 Å². The van der Waals surface area contributed by atoms with Gasteiger partial charge in [-0.15, -0.1) is 0 Å². The number of nitrogens with one attached hydrogen (secondary N) is 1. The topological polar surface area (TPSA) is 65.8 Å². The van der Waals surface area contributed by atoms with Crippen LogP contribution in [0.15, 0.2) is 47.2 Å². The molecule has 0 unspecified atom stereocenters. The molecule has 0 bridgehead atoms. The van der Waals surface area contributed by atoms with E-state index in [0.717, 1.165) is 4.47 Å². The normalized spacial score (nSPS) is 9.56. The molecular weight excluding hydrogens is 294 g/mol. The molecule has 0 atom stereocenters. The first kappa shape index (κ1) is 12.3. The molecule has 1 aromatic carbocycles. The Bertz CT molecular complexity index is 634. The SMILES string of the molecule is N#Cc1cncc(C(=O)Nc2cccc(Br)c2)c1. The lowest BCUT2D eigenvalue weighted by Crippen LogP contribution is -2.12. The summed E-state index contributed by atoms with van der Waals surface area (Å²) >= 11 is 3.32. The van der Waals surface area contributed by atoms with E-state index >= 15 is 0 Å². The van der Waals surface area contributed by atoms with Crippen molar-refractivity contribution in [1.82, 2.24) is 4.98 Å². The number of nitrogens with zero attached hydrogens (tertiary/aromatic N) is 2. The van der Waals surface area contributed by atoms with Crippen molar-refractivity contribution in [3.63, 3.8) is 0 Å². The summed E-state index contributed by atoms with van der Waals surface area (Å²) in [6, 6.07) is 10.7. The quantitative estimate of drug-likeness (QED) is 0.927. The third-order valence-corrected chi connectivity index (χ3v) is 2.71. The molecule has 1 heterocycles. The second kappa shape index (κ2) is 5.43. The number of halogens is 1. The first-order chi connectivity index (χ1) is 8.69. The number of carbonyl (C=O) groups is 1. The number of hydrogen-bond acceptors (Lipinski definition) is 3. The van der Waals surface area contributed by atoms with E-state index in [1.807, 2.05) is 18.2 Å². The molecule has 5 heteroatoms. The van der Waals surface area contributed by atoms with E-state index in [0.29, 0.717) is 16.8 Å². The minimum absolute atomic E-state index is 0.294. The number of hydrogen-bond donors (Lipinski definition) is 1. The van der Waals surface area contributed by atoms with E-state index in [2.05, 4.69) is 26.2 Å². The van der Waals surface area contributed by atoms with Crippen molar-refractivity contribution in [2.24, 2.45) is 0 Å². The van der Waals surface area contributed by atoms with Crippen LogP contribution in [0, 0.1) is 11.3 Å². The van der Waals surface area contributed by atoms with Gasteiger partial charge < -0.3 is 5.32 Å². The highest BCUT2D eigenvalue weighted by atomic mass is 79.9. The molecule has 0 saturated heterocycles. The lowest BCUT2D eigenvalue weighted by molar-refractivity contribution is 0.102. The summed E-state index contributed by atoms with van der Waals surface area (Å²) in [6.45, 7) is 0. The van der Waals surface area contributed by atoms with Crippen LogP contribution in [0.4, 0.5) is 5.69 Å². The Hall–Kier alpha value is -2.19. The molecule has 0 radical (unpaired) electrons. The molecule has 1 aromatic heterocycles. The molecule has 4 nitrogen and oxygen atoms in total. The van der Waals surface area contributed by atoms with Crippen molar-refractivity contribution in [1.29, 1.82) is 5.26 Å². The molecule has 0 aliphatic carbocycles. The fraction of sp³-hybridized carbons (Fsp3) is 0. The molecule has 88 valence electrons. The van der Waals surface area contributed by atoms with Crippen LogP contribution >= 0.6 is 15.9 Å². The Labute approximate surface area is 112 Å². The smallest absolute Gasteiger partial charge is 0.257 e. The van der Waals surface area contributed by atoms with Crippen LogP contribution < -0.4 is 5.32 Å². The van der Waals surface area contributed by atoms with Gasteiger partial charge in [-0.2, -0.15) is 5.26 Å². The van der Waals surface area contributed by atoms with Gasteiger partial charge in [-0.3, -0.25) is 9.78 Å². The summed E-state index contributed by atoms with van der Waals surface area (Å²) < 4.78 is 0.879. The molecule has 0 aliphatic rings. The van der Waals surface area contributed by atoms with E-state index in [1.54, 1.807) is 12.1 Å². The lowest BCUT2D eigenvalue weighted by atomic mass is 10.2. The standard InChI is InChI=1S/C13H8BrN3O/c14-11-2-1-3-12(5-11)17-13(18)10-4-9(6-15)7-16-8-10/h1-5,7-8H,(H,17,18). The van der Waals surface area contributed by atoms with Crippen molar-refractivity contribution in [2.75, 3.05) is 5.32 Å². The van der Waals surface area contributed by atoms with Crippen LogP contribution in [0.2, 0.25) is 0 Å². The van der Waals surface area contributed by atoms with Crippen molar-refractivity contribution < 1.29 is 4.79 Å². The van der Waals surface area contributed by atoms with Crippen LogP contribution in [0.25, 0.3) is 0 Å². The summed E-state index contributed by atoms with van der Waals surface area (Å²) in [6.07, 6.45) is 2.84. The van der Waals surface area contributed by atoms with Gasteiger partial charge in [-0.05, 0) is 24.3 Å². The Morgan fingerprint density at radius 2 is 2.17 bits per heavy atom. The van der Waals surface area contributed by atoms with E-state index in [4.69, 9.17) is 5.26 Å². The molecular formula is C13H8BrN3O. The minimum Gasteiger partial charge on any atom is -0.322 e. The van der Waals surface area contributed by atoms with Gasteiger partial charge >= 0.3 is 0 Å². The average molecular weight is 302 g/mol. The zero-order chi connectivity index (χ0) is 13.0. The van der Waals surface area contributed by atoms with E-state index in [-0.39, 0.29) is 5.91 Å². The van der Waals surface area contributed by atoms with Gasteiger partial charge in [0.25, 0.3) is 5.91 Å². The third-order valence-electron chi connectivity index (χ3n) is 2.21. The highest BCUT2D eigenvalue weighted by molar-refractivity contribution is 9.10. The first-order valence-electron chi connectivity index (χ1n) is 5.11. The molecule has 0 spiro atoms. The van der Waals surface area contributed by atoms with Gasteiger partial charge in [0.1, 0.15) is 6.07 Å². The molecule has 18 heavy (non-hydrogen) atoms. The molecule has 0 fully saturated rings. The Morgan fingerprint density at radius 3 is 2.89 bits per heavy atom. The van der Waals surface area contributed by atoms with Gasteiger partial charge in [-0.1, -0.05) is 22.0 Å². The maximum absolute atomic E-state index is 11.9. The van der Waals surface area contributed by atoms with Gasteiger partial charge in [0, 0.05) is 22.6 Å². The Balaban J connectivity index is 2.20. The molecule has 1 amide bonds. The number of anilines is 1.